The normalized spacial score (nSPS) is 16.1. The Hall–Kier alpha value is -3.12. The number of carbonyl (C=O) groups is 2. The molecule has 1 aliphatic heterocycles. The molecule has 0 radical (unpaired) electrons. The first kappa shape index (κ1) is 22.1. The molecule has 2 aromatic carbocycles. The number of benzene rings is 2. The number of rotatable bonds is 6. The van der Waals surface area contributed by atoms with Crippen LogP contribution in [-0.4, -0.2) is 45.6 Å². The lowest BCUT2D eigenvalue weighted by Crippen LogP contribution is -2.49. The maximum atomic E-state index is 13.2. The van der Waals surface area contributed by atoms with Crippen LogP contribution in [0.2, 0.25) is 5.02 Å². The molecule has 0 spiro atoms. The maximum Gasteiger partial charge on any atom is 0.227 e. The van der Waals surface area contributed by atoms with Crippen molar-refractivity contribution in [2.45, 2.75) is 38.6 Å². The van der Waals surface area contributed by atoms with Gasteiger partial charge in [0.2, 0.25) is 11.8 Å². The Morgan fingerprint density at radius 3 is 2.59 bits per heavy atom. The lowest BCUT2D eigenvalue weighted by atomic mass is 10.0. The maximum absolute atomic E-state index is 13.2. The summed E-state index contributed by atoms with van der Waals surface area (Å²) in [5.74, 6) is 0.0710. The molecule has 0 bridgehead atoms. The molecule has 2 heterocycles. The largest absolute Gasteiger partial charge is 0.352 e. The van der Waals surface area contributed by atoms with Gasteiger partial charge in [-0.05, 0) is 37.1 Å². The van der Waals surface area contributed by atoms with Gasteiger partial charge in [0.05, 0.1) is 17.8 Å². The molecule has 4 rings (SSSR count). The SMILES string of the molecule is CCC(=O)NC1CCCN(C(=O)Cc2cn(-c3ccccc3)nc2-c2ccc(Cl)cc2)C1. The molecule has 32 heavy (non-hydrogen) atoms. The van der Waals surface area contributed by atoms with Crippen LogP contribution in [0.1, 0.15) is 31.7 Å². The monoisotopic (exact) mass is 450 g/mol. The van der Waals surface area contributed by atoms with E-state index in [1.807, 2.05) is 77.3 Å². The molecule has 1 aliphatic rings. The van der Waals surface area contributed by atoms with E-state index in [0.717, 1.165) is 35.3 Å². The van der Waals surface area contributed by atoms with Crippen LogP contribution < -0.4 is 5.32 Å². The van der Waals surface area contributed by atoms with Crippen molar-refractivity contribution < 1.29 is 9.59 Å². The fraction of sp³-hybridized carbons (Fsp3) is 0.320. The Kier molecular flexibility index (Phi) is 6.90. The van der Waals surface area contributed by atoms with E-state index in [-0.39, 0.29) is 24.3 Å². The van der Waals surface area contributed by atoms with E-state index in [1.54, 1.807) is 0 Å². The predicted octanol–water partition coefficient (Wildman–Crippen LogP) is 4.25. The van der Waals surface area contributed by atoms with Gasteiger partial charge in [0, 0.05) is 47.9 Å². The molecular weight excluding hydrogens is 424 g/mol. The number of hydrogen-bond donors (Lipinski definition) is 1. The summed E-state index contributed by atoms with van der Waals surface area (Å²) in [6.45, 7) is 3.10. The van der Waals surface area contributed by atoms with Crippen LogP contribution in [0.4, 0.5) is 0 Å². The molecular formula is C25H27ClN4O2. The van der Waals surface area contributed by atoms with E-state index in [1.165, 1.54) is 0 Å². The molecule has 1 atom stereocenters. The average molecular weight is 451 g/mol. The molecule has 7 heteroatoms. The second-order valence-corrected chi connectivity index (χ2v) is 8.50. The Morgan fingerprint density at radius 2 is 1.88 bits per heavy atom. The van der Waals surface area contributed by atoms with Gasteiger partial charge in [-0.15, -0.1) is 0 Å². The number of para-hydroxylation sites is 1. The zero-order valence-corrected chi connectivity index (χ0v) is 18.9. The number of carbonyl (C=O) groups excluding carboxylic acids is 2. The van der Waals surface area contributed by atoms with Crippen LogP contribution in [0.25, 0.3) is 16.9 Å². The highest BCUT2D eigenvalue weighted by Crippen LogP contribution is 2.26. The molecule has 6 nitrogen and oxygen atoms in total. The van der Waals surface area contributed by atoms with Gasteiger partial charge in [-0.3, -0.25) is 9.59 Å². The minimum absolute atomic E-state index is 0.0166. The van der Waals surface area contributed by atoms with E-state index < -0.39 is 0 Å². The average Bonchev–Trinajstić information content (AvgIpc) is 3.24. The van der Waals surface area contributed by atoms with Crippen LogP contribution in [0.15, 0.2) is 60.8 Å². The molecule has 2 amide bonds. The lowest BCUT2D eigenvalue weighted by molar-refractivity contribution is -0.133. The second-order valence-electron chi connectivity index (χ2n) is 8.07. The zero-order valence-electron chi connectivity index (χ0n) is 18.1. The van der Waals surface area contributed by atoms with Crippen LogP contribution in [0, 0.1) is 0 Å². The van der Waals surface area contributed by atoms with E-state index in [2.05, 4.69) is 5.32 Å². The fourth-order valence-corrected chi connectivity index (χ4v) is 4.15. The van der Waals surface area contributed by atoms with Gasteiger partial charge < -0.3 is 10.2 Å². The summed E-state index contributed by atoms with van der Waals surface area (Å²) in [5.41, 5.74) is 3.48. The minimum atomic E-state index is 0.0166. The highest BCUT2D eigenvalue weighted by Gasteiger charge is 2.26. The number of halogens is 1. The molecule has 0 saturated carbocycles. The summed E-state index contributed by atoms with van der Waals surface area (Å²) in [6, 6.07) is 17.4. The third-order valence-electron chi connectivity index (χ3n) is 5.73. The van der Waals surface area contributed by atoms with Crippen molar-refractivity contribution in [1.82, 2.24) is 20.0 Å². The topological polar surface area (TPSA) is 67.2 Å². The van der Waals surface area contributed by atoms with E-state index in [4.69, 9.17) is 16.7 Å². The van der Waals surface area contributed by atoms with Crippen molar-refractivity contribution in [2.75, 3.05) is 13.1 Å². The molecule has 1 aromatic heterocycles. The number of aromatic nitrogens is 2. The van der Waals surface area contributed by atoms with Crippen LogP contribution >= 0.6 is 11.6 Å². The first-order valence-electron chi connectivity index (χ1n) is 11.0. The summed E-state index contributed by atoms with van der Waals surface area (Å²) in [6.07, 6.45) is 4.41. The van der Waals surface area contributed by atoms with Crippen molar-refractivity contribution >= 4 is 23.4 Å². The fourth-order valence-electron chi connectivity index (χ4n) is 4.03. The first-order chi connectivity index (χ1) is 15.5. The standard InChI is InChI=1S/C25H27ClN4O2/c1-2-23(31)27-21-7-6-14-29(17-21)24(32)15-19-16-30(22-8-4-3-5-9-22)28-25(19)18-10-12-20(26)13-11-18/h3-5,8-13,16,21H,2,6-7,14-15,17H2,1H3,(H,27,31). The van der Waals surface area contributed by atoms with E-state index >= 15 is 0 Å². The zero-order chi connectivity index (χ0) is 22.5. The Labute approximate surface area is 193 Å². The van der Waals surface area contributed by atoms with E-state index in [0.29, 0.717) is 24.5 Å². The van der Waals surface area contributed by atoms with Gasteiger partial charge in [-0.25, -0.2) is 4.68 Å². The third-order valence-corrected chi connectivity index (χ3v) is 5.98. The van der Waals surface area contributed by atoms with Gasteiger partial charge in [-0.1, -0.05) is 48.9 Å². The minimum Gasteiger partial charge on any atom is -0.352 e. The first-order valence-corrected chi connectivity index (χ1v) is 11.4. The third kappa shape index (κ3) is 5.19. The highest BCUT2D eigenvalue weighted by atomic mass is 35.5. The number of nitrogens with one attached hydrogen (secondary N) is 1. The summed E-state index contributed by atoms with van der Waals surface area (Å²) >= 11 is 6.07. The summed E-state index contributed by atoms with van der Waals surface area (Å²) in [7, 11) is 0. The van der Waals surface area contributed by atoms with Crippen molar-refractivity contribution in [3.05, 3.63) is 71.4 Å². The molecule has 0 aliphatic carbocycles. The summed E-state index contributed by atoms with van der Waals surface area (Å²) in [4.78, 5) is 26.8. The smallest absolute Gasteiger partial charge is 0.227 e. The van der Waals surface area contributed by atoms with Gasteiger partial charge in [-0.2, -0.15) is 5.10 Å². The number of amides is 2. The van der Waals surface area contributed by atoms with Crippen LogP contribution in [0.3, 0.4) is 0 Å². The number of nitrogens with zero attached hydrogens (tertiary/aromatic N) is 3. The van der Waals surface area contributed by atoms with Crippen molar-refractivity contribution in [3.63, 3.8) is 0 Å². The molecule has 1 saturated heterocycles. The van der Waals surface area contributed by atoms with Crippen molar-refractivity contribution in [3.8, 4) is 16.9 Å². The van der Waals surface area contributed by atoms with Gasteiger partial charge in [0.15, 0.2) is 0 Å². The van der Waals surface area contributed by atoms with Gasteiger partial charge >= 0.3 is 0 Å². The van der Waals surface area contributed by atoms with Gasteiger partial charge in [0.1, 0.15) is 0 Å². The van der Waals surface area contributed by atoms with Crippen molar-refractivity contribution in [2.24, 2.45) is 0 Å². The van der Waals surface area contributed by atoms with Crippen LogP contribution in [-0.2, 0) is 16.0 Å². The summed E-state index contributed by atoms with van der Waals surface area (Å²) in [5, 5.41) is 8.47. The number of piperidine rings is 1. The quantitative estimate of drug-likeness (QED) is 0.610. The van der Waals surface area contributed by atoms with Crippen LogP contribution in [0.5, 0.6) is 0 Å². The second kappa shape index (κ2) is 10.0. The molecule has 1 N–H and O–H groups in total. The molecule has 166 valence electrons. The molecule has 1 unspecified atom stereocenters. The highest BCUT2D eigenvalue weighted by molar-refractivity contribution is 6.30. The predicted molar refractivity (Wildman–Crippen MR) is 126 cm³/mol. The molecule has 3 aromatic rings. The Morgan fingerprint density at radius 1 is 1.12 bits per heavy atom. The van der Waals surface area contributed by atoms with E-state index in [9.17, 15) is 9.59 Å². The summed E-state index contributed by atoms with van der Waals surface area (Å²) < 4.78 is 1.81. The number of likely N-dealkylation sites (tertiary alicyclic amines) is 1. The van der Waals surface area contributed by atoms with Crippen molar-refractivity contribution in [1.29, 1.82) is 0 Å². The Balaban J connectivity index is 1.58. The lowest BCUT2D eigenvalue weighted by Gasteiger charge is -2.33. The Bertz CT molecular complexity index is 1080. The number of hydrogen-bond acceptors (Lipinski definition) is 3. The van der Waals surface area contributed by atoms with Gasteiger partial charge in [0.25, 0.3) is 0 Å². The molecule has 1 fully saturated rings.